The van der Waals surface area contributed by atoms with Gasteiger partial charge in [-0.2, -0.15) is 0 Å². The van der Waals surface area contributed by atoms with Crippen LogP contribution in [0.5, 0.6) is 0 Å². The lowest BCUT2D eigenvalue weighted by Gasteiger charge is -2.44. The Morgan fingerprint density at radius 3 is 2.68 bits per heavy atom. The van der Waals surface area contributed by atoms with Gasteiger partial charge in [0.2, 0.25) is 5.91 Å². The zero-order valence-electron chi connectivity index (χ0n) is 20.1. The molecule has 0 unspecified atom stereocenters. The van der Waals surface area contributed by atoms with Crippen molar-refractivity contribution in [2.75, 3.05) is 23.7 Å². The second-order valence-electron chi connectivity index (χ2n) is 9.23. The molecule has 4 heterocycles. The highest BCUT2D eigenvalue weighted by atomic mass is 32.2. The summed E-state index contributed by atoms with van der Waals surface area (Å²) in [4.78, 5) is 49.5. The van der Waals surface area contributed by atoms with E-state index in [0.29, 0.717) is 27.7 Å². The number of amides is 1. The van der Waals surface area contributed by atoms with Crippen LogP contribution in [0.1, 0.15) is 31.7 Å². The van der Waals surface area contributed by atoms with Crippen LogP contribution in [0.3, 0.4) is 0 Å². The minimum Gasteiger partial charge on any atom is -0.456 e. The molecule has 2 aromatic rings. The van der Waals surface area contributed by atoms with Crippen LogP contribution in [0.25, 0.3) is 0 Å². The summed E-state index contributed by atoms with van der Waals surface area (Å²) < 4.78 is 5.50. The highest BCUT2D eigenvalue weighted by molar-refractivity contribution is 8.03. The van der Waals surface area contributed by atoms with Gasteiger partial charge in [-0.25, -0.2) is 14.8 Å². The van der Waals surface area contributed by atoms with Crippen LogP contribution in [0.15, 0.2) is 46.1 Å². The zero-order valence-corrected chi connectivity index (χ0v) is 20.9. The normalized spacial score (nSPS) is 21.6. The van der Waals surface area contributed by atoms with Crippen molar-refractivity contribution in [2.24, 2.45) is 5.92 Å². The number of hydrogen-bond donors (Lipinski definition) is 2. The van der Waals surface area contributed by atoms with Crippen LogP contribution in [0.2, 0.25) is 0 Å². The lowest BCUT2D eigenvalue weighted by molar-refractivity contribution is -0.384. The van der Waals surface area contributed by atoms with E-state index < -0.39 is 22.9 Å². The van der Waals surface area contributed by atoms with E-state index in [-0.39, 0.29) is 35.8 Å². The molecule has 5 rings (SSSR count). The van der Waals surface area contributed by atoms with E-state index in [1.54, 1.807) is 13.1 Å². The highest BCUT2D eigenvalue weighted by Crippen LogP contribution is 2.49. The summed E-state index contributed by atoms with van der Waals surface area (Å²) in [7, 11) is 0. The van der Waals surface area contributed by atoms with Crippen molar-refractivity contribution in [2.45, 2.75) is 50.0 Å². The van der Waals surface area contributed by atoms with Crippen LogP contribution in [0, 0.1) is 16.0 Å². The van der Waals surface area contributed by atoms with E-state index in [4.69, 9.17) is 10.5 Å². The standard InChI is InChI=1S/C24H26N6O6S/c1-13(31)19-16-10-17(37-22-21(25)26-11-18(27-22)28-8-2-3-9-28)20(29(16)23(19)32)24(33)36-12-14-4-6-15(7-5-14)30(34)35/h4-7,11,13,16,19,31H,2-3,8-10,12H2,1H3,(H2,25,26)/t13-,16-,19-/m1/s1. The second-order valence-corrected chi connectivity index (χ2v) is 10.3. The van der Waals surface area contributed by atoms with Gasteiger partial charge in [-0.05, 0) is 37.5 Å². The Balaban J connectivity index is 1.40. The number of esters is 1. The first-order valence-corrected chi connectivity index (χ1v) is 12.8. The monoisotopic (exact) mass is 526 g/mol. The number of nitro benzene ring substituents is 1. The number of hydrogen-bond acceptors (Lipinski definition) is 11. The number of benzene rings is 1. The van der Waals surface area contributed by atoms with E-state index in [9.17, 15) is 24.8 Å². The molecular weight excluding hydrogens is 500 g/mol. The molecular formula is C24H26N6O6S. The van der Waals surface area contributed by atoms with E-state index in [1.807, 2.05) is 0 Å². The van der Waals surface area contributed by atoms with Crippen LogP contribution >= 0.6 is 11.8 Å². The highest BCUT2D eigenvalue weighted by Gasteiger charge is 2.57. The number of nitrogen functional groups attached to an aromatic ring is 1. The first-order valence-electron chi connectivity index (χ1n) is 11.9. The lowest BCUT2D eigenvalue weighted by Crippen LogP contribution is -2.61. The summed E-state index contributed by atoms with van der Waals surface area (Å²) in [6, 6.07) is 5.30. The minimum atomic E-state index is -0.862. The fraction of sp³-hybridized carbons (Fsp3) is 0.417. The van der Waals surface area contributed by atoms with E-state index >= 15 is 0 Å². The van der Waals surface area contributed by atoms with Crippen LogP contribution < -0.4 is 10.6 Å². The molecule has 2 saturated heterocycles. The zero-order chi connectivity index (χ0) is 26.3. The molecule has 0 bridgehead atoms. The maximum Gasteiger partial charge on any atom is 0.356 e. The molecule has 3 aliphatic rings. The van der Waals surface area contributed by atoms with Crippen molar-refractivity contribution in [3.8, 4) is 0 Å². The van der Waals surface area contributed by atoms with Crippen LogP contribution in [-0.2, 0) is 20.9 Å². The van der Waals surface area contributed by atoms with Gasteiger partial charge >= 0.3 is 5.97 Å². The predicted octanol–water partition coefficient (Wildman–Crippen LogP) is 2.23. The topological polar surface area (TPSA) is 165 Å². The van der Waals surface area contributed by atoms with E-state index in [0.717, 1.165) is 25.9 Å². The Bertz CT molecular complexity index is 1280. The molecule has 12 nitrogen and oxygen atoms in total. The summed E-state index contributed by atoms with van der Waals surface area (Å²) >= 11 is 1.18. The van der Waals surface area contributed by atoms with Crippen LogP contribution in [-0.4, -0.2) is 62.0 Å². The number of nitro groups is 1. The number of rotatable bonds is 8. The summed E-state index contributed by atoms with van der Waals surface area (Å²) in [6.07, 6.45) is 3.27. The number of non-ortho nitro benzene ring substituents is 1. The molecule has 2 fully saturated rings. The molecule has 3 atom stereocenters. The number of nitrogens with zero attached hydrogens (tertiary/aromatic N) is 5. The smallest absolute Gasteiger partial charge is 0.356 e. The molecule has 3 N–H and O–H groups in total. The summed E-state index contributed by atoms with van der Waals surface area (Å²) in [5, 5.41) is 21.4. The third kappa shape index (κ3) is 4.71. The van der Waals surface area contributed by atoms with Crippen molar-refractivity contribution in [1.29, 1.82) is 0 Å². The number of carbonyl (C=O) groups is 2. The number of aliphatic hydroxyl groups is 1. The molecule has 0 saturated carbocycles. The number of thioether (sulfide) groups is 1. The van der Waals surface area contributed by atoms with Gasteiger partial charge in [0.25, 0.3) is 5.69 Å². The van der Waals surface area contributed by atoms with Crippen molar-refractivity contribution < 1.29 is 24.4 Å². The maximum absolute atomic E-state index is 13.2. The molecule has 194 valence electrons. The molecule has 0 aliphatic carbocycles. The predicted molar refractivity (Wildman–Crippen MR) is 134 cm³/mol. The third-order valence-electron chi connectivity index (χ3n) is 6.80. The Morgan fingerprint density at radius 1 is 1.32 bits per heavy atom. The lowest BCUT2D eigenvalue weighted by atomic mass is 9.83. The Labute approximate surface area is 216 Å². The molecule has 0 radical (unpaired) electrons. The van der Waals surface area contributed by atoms with Crippen molar-refractivity contribution in [3.63, 3.8) is 0 Å². The van der Waals surface area contributed by atoms with Crippen molar-refractivity contribution in [1.82, 2.24) is 14.9 Å². The molecule has 1 amide bonds. The van der Waals surface area contributed by atoms with Crippen molar-refractivity contribution >= 4 is 41.0 Å². The van der Waals surface area contributed by atoms with Crippen LogP contribution in [0.4, 0.5) is 17.3 Å². The van der Waals surface area contributed by atoms with Gasteiger partial charge in [-0.3, -0.25) is 14.9 Å². The number of anilines is 2. The summed E-state index contributed by atoms with van der Waals surface area (Å²) in [5.41, 5.74) is 6.72. The average Bonchev–Trinajstić information content (AvgIpc) is 3.51. The van der Waals surface area contributed by atoms with E-state index in [2.05, 4.69) is 14.9 Å². The fourth-order valence-electron chi connectivity index (χ4n) is 4.91. The molecule has 3 aliphatic heterocycles. The SMILES string of the molecule is C[C@@H](O)[C@H]1C(=O)N2C(C(=O)OCc3ccc([N+](=O)[O-])cc3)=C(Sc3nc(N4CCCC4)cnc3N)C[C@H]12. The van der Waals surface area contributed by atoms with E-state index in [1.165, 1.54) is 40.9 Å². The molecule has 37 heavy (non-hydrogen) atoms. The quantitative estimate of drug-likeness (QED) is 0.224. The fourth-order valence-corrected chi connectivity index (χ4v) is 5.97. The van der Waals surface area contributed by atoms with Gasteiger partial charge in [-0.1, -0.05) is 11.8 Å². The number of fused-ring (bicyclic) bond motifs is 1. The maximum atomic E-state index is 13.2. The van der Waals surface area contributed by atoms with Crippen molar-refractivity contribution in [3.05, 3.63) is 56.7 Å². The number of nitrogens with two attached hydrogens (primary N) is 1. The molecule has 1 aromatic carbocycles. The number of β-lactam (4-membered cyclic amide) rings is 1. The largest absolute Gasteiger partial charge is 0.456 e. The minimum absolute atomic E-state index is 0.0692. The van der Waals surface area contributed by atoms with Gasteiger partial charge in [-0.15, -0.1) is 0 Å². The Hall–Kier alpha value is -3.71. The molecule has 13 heteroatoms. The second kappa shape index (κ2) is 9.98. The van der Waals surface area contributed by atoms with Gasteiger partial charge in [0.15, 0.2) is 5.82 Å². The number of aliphatic hydroxyl groups excluding tert-OH is 1. The third-order valence-corrected chi connectivity index (χ3v) is 7.90. The van der Waals surface area contributed by atoms with Gasteiger partial charge < -0.3 is 25.4 Å². The Kier molecular flexibility index (Phi) is 6.73. The van der Waals surface area contributed by atoms with Gasteiger partial charge in [0.1, 0.15) is 23.1 Å². The number of carbonyl (C=O) groups excluding carboxylic acids is 2. The summed E-state index contributed by atoms with van der Waals surface area (Å²) in [6.45, 7) is 3.19. The van der Waals surface area contributed by atoms with Gasteiger partial charge in [0, 0.05) is 36.5 Å². The average molecular weight is 527 g/mol. The number of ether oxygens (including phenoxy) is 1. The van der Waals surface area contributed by atoms with Gasteiger partial charge in [0.05, 0.1) is 29.2 Å². The summed E-state index contributed by atoms with van der Waals surface area (Å²) in [5.74, 6) is -0.747. The molecule has 0 spiro atoms. The number of aromatic nitrogens is 2. The first-order chi connectivity index (χ1) is 17.7. The Morgan fingerprint density at radius 2 is 2.03 bits per heavy atom. The first kappa shape index (κ1) is 25.0. The molecule has 1 aromatic heterocycles.